The minimum atomic E-state index is -1.51. The maximum atomic E-state index is 12.3. The van der Waals surface area contributed by atoms with Crippen LogP contribution in [0.3, 0.4) is 0 Å². The fourth-order valence-corrected chi connectivity index (χ4v) is 2.93. The molecule has 10 heteroatoms. The first-order chi connectivity index (χ1) is 13.9. The zero-order valence-electron chi connectivity index (χ0n) is 17.9. The Hall–Kier alpha value is -2.59. The lowest BCUT2D eigenvalue weighted by atomic mass is 9.78. The molecule has 1 atom stereocenters. The molecule has 30 heavy (non-hydrogen) atoms. The van der Waals surface area contributed by atoms with Gasteiger partial charge in [-0.3, -0.25) is 9.59 Å². The van der Waals surface area contributed by atoms with Gasteiger partial charge < -0.3 is 29.6 Å². The Morgan fingerprint density at radius 3 is 2.23 bits per heavy atom. The van der Waals surface area contributed by atoms with Crippen molar-refractivity contribution >= 4 is 30.4 Å². The van der Waals surface area contributed by atoms with Crippen molar-refractivity contribution in [1.29, 1.82) is 0 Å². The van der Waals surface area contributed by atoms with Crippen LogP contribution in [0, 0.1) is 0 Å². The molecule has 1 amide bonds. The molecule has 1 saturated heterocycles. The van der Waals surface area contributed by atoms with Gasteiger partial charge in [-0.15, -0.1) is 0 Å². The largest absolute Gasteiger partial charge is 0.494 e. The molecule has 0 bridgehead atoms. The standard InChI is InChI=1S/C20H28BNO8/c1-6-28-15-10-13(21-29-19(2,3)20(4,5)30-21)8-7-12(15)9-16(23)22-14(18(26)27)11-17(24)25/h7-8,10,14H,6,9,11H2,1-5H3,(H,22,23)(H,24,25)(H,26,27). The van der Waals surface area contributed by atoms with Gasteiger partial charge in [0.2, 0.25) is 5.91 Å². The fraction of sp³-hybridized carbons (Fsp3) is 0.550. The zero-order valence-corrected chi connectivity index (χ0v) is 17.9. The number of ether oxygens (including phenoxy) is 1. The highest BCUT2D eigenvalue weighted by molar-refractivity contribution is 6.62. The summed E-state index contributed by atoms with van der Waals surface area (Å²) in [6.07, 6.45) is -0.872. The van der Waals surface area contributed by atoms with Gasteiger partial charge in [0.25, 0.3) is 0 Å². The van der Waals surface area contributed by atoms with E-state index in [1.165, 1.54) is 0 Å². The number of amides is 1. The lowest BCUT2D eigenvalue weighted by molar-refractivity contribution is -0.147. The SMILES string of the molecule is CCOc1cc(B2OC(C)(C)C(C)(C)O2)ccc1CC(=O)NC(CC(=O)O)C(=O)O. The molecule has 2 rings (SSSR count). The van der Waals surface area contributed by atoms with E-state index in [0.29, 0.717) is 17.9 Å². The summed E-state index contributed by atoms with van der Waals surface area (Å²) in [6, 6.07) is 3.69. The monoisotopic (exact) mass is 421 g/mol. The Bertz CT molecular complexity index is 807. The first-order valence-corrected chi connectivity index (χ1v) is 9.71. The minimum Gasteiger partial charge on any atom is -0.494 e. The number of nitrogens with one attached hydrogen (secondary N) is 1. The summed E-state index contributed by atoms with van der Waals surface area (Å²) in [5, 5.41) is 20.1. The highest BCUT2D eigenvalue weighted by atomic mass is 16.7. The van der Waals surface area contributed by atoms with E-state index in [-0.39, 0.29) is 6.42 Å². The second-order valence-electron chi connectivity index (χ2n) is 8.12. The smallest absolute Gasteiger partial charge is 0.494 e. The minimum absolute atomic E-state index is 0.164. The summed E-state index contributed by atoms with van der Waals surface area (Å²) in [5.41, 5.74) is 0.264. The molecule has 1 fully saturated rings. The molecule has 1 unspecified atom stereocenters. The molecule has 1 aliphatic rings. The van der Waals surface area contributed by atoms with E-state index in [1.807, 2.05) is 27.7 Å². The Balaban J connectivity index is 2.18. The number of hydrogen-bond donors (Lipinski definition) is 3. The van der Waals surface area contributed by atoms with Crippen molar-refractivity contribution in [3.05, 3.63) is 23.8 Å². The molecule has 0 aliphatic carbocycles. The van der Waals surface area contributed by atoms with Crippen LogP contribution in [0.5, 0.6) is 5.75 Å². The summed E-state index contributed by atoms with van der Waals surface area (Å²) in [5.74, 6) is -2.89. The number of hydrogen-bond acceptors (Lipinski definition) is 6. The lowest BCUT2D eigenvalue weighted by Gasteiger charge is -2.32. The number of carboxylic acid groups (broad SMARTS) is 2. The molecule has 164 valence electrons. The van der Waals surface area contributed by atoms with Crippen LogP contribution in [0.1, 0.15) is 46.6 Å². The Labute approximate surface area is 175 Å². The van der Waals surface area contributed by atoms with E-state index < -0.39 is 48.6 Å². The van der Waals surface area contributed by atoms with Crippen LogP contribution in [0.25, 0.3) is 0 Å². The van der Waals surface area contributed by atoms with Crippen molar-refractivity contribution in [2.45, 2.75) is 64.7 Å². The summed E-state index contributed by atoms with van der Waals surface area (Å²) in [4.78, 5) is 34.3. The zero-order chi connectivity index (χ0) is 22.7. The molecule has 0 saturated carbocycles. The molecular weight excluding hydrogens is 393 g/mol. The van der Waals surface area contributed by atoms with Gasteiger partial charge in [-0.05, 0) is 46.1 Å². The van der Waals surface area contributed by atoms with Gasteiger partial charge in [-0.1, -0.05) is 12.1 Å². The molecule has 1 aromatic carbocycles. The third kappa shape index (κ3) is 5.51. The fourth-order valence-electron chi connectivity index (χ4n) is 2.93. The molecule has 3 N–H and O–H groups in total. The van der Waals surface area contributed by atoms with Crippen molar-refractivity contribution in [2.75, 3.05) is 6.61 Å². The maximum Gasteiger partial charge on any atom is 0.494 e. The van der Waals surface area contributed by atoms with Crippen LogP contribution in [-0.2, 0) is 30.1 Å². The van der Waals surface area contributed by atoms with E-state index in [0.717, 1.165) is 5.46 Å². The molecule has 1 aromatic rings. The number of carbonyl (C=O) groups excluding carboxylic acids is 1. The predicted molar refractivity (Wildman–Crippen MR) is 109 cm³/mol. The molecule has 0 spiro atoms. The highest BCUT2D eigenvalue weighted by Gasteiger charge is 2.51. The van der Waals surface area contributed by atoms with Gasteiger partial charge in [-0.2, -0.15) is 0 Å². The second kappa shape index (κ2) is 9.05. The van der Waals surface area contributed by atoms with Gasteiger partial charge in [0.1, 0.15) is 11.8 Å². The maximum absolute atomic E-state index is 12.3. The van der Waals surface area contributed by atoms with E-state index in [9.17, 15) is 14.4 Å². The summed E-state index contributed by atoms with van der Waals surface area (Å²) < 4.78 is 17.7. The number of aliphatic carboxylic acids is 2. The van der Waals surface area contributed by atoms with Crippen molar-refractivity contribution in [1.82, 2.24) is 5.32 Å². The average molecular weight is 421 g/mol. The van der Waals surface area contributed by atoms with Crippen molar-refractivity contribution in [3.8, 4) is 5.75 Å². The van der Waals surface area contributed by atoms with Crippen LogP contribution in [0.15, 0.2) is 18.2 Å². The molecule has 0 radical (unpaired) electrons. The lowest BCUT2D eigenvalue weighted by Crippen LogP contribution is -2.43. The van der Waals surface area contributed by atoms with E-state index in [2.05, 4.69) is 5.32 Å². The molecular formula is C20H28BNO8. The van der Waals surface area contributed by atoms with Gasteiger partial charge in [0.15, 0.2) is 0 Å². The van der Waals surface area contributed by atoms with Crippen molar-refractivity contribution in [2.24, 2.45) is 0 Å². The summed E-state index contributed by atoms with van der Waals surface area (Å²) >= 11 is 0. The van der Waals surface area contributed by atoms with Crippen LogP contribution >= 0.6 is 0 Å². The first-order valence-electron chi connectivity index (χ1n) is 9.71. The van der Waals surface area contributed by atoms with Crippen LogP contribution in [0.4, 0.5) is 0 Å². The first kappa shape index (κ1) is 23.7. The topological polar surface area (TPSA) is 131 Å². The Morgan fingerprint density at radius 1 is 1.13 bits per heavy atom. The molecule has 1 aliphatic heterocycles. The third-order valence-electron chi connectivity index (χ3n) is 5.28. The van der Waals surface area contributed by atoms with Crippen LogP contribution in [0.2, 0.25) is 0 Å². The molecule has 1 heterocycles. The van der Waals surface area contributed by atoms with Gasteiger partial charge >= 0.3 is 19.1 Å². The van der Waals surface area contributed by atoms with Gasteiger partial charge in [0.05, 0.1) is 30.7 Å². The Kier molecular flexibility index (Phi) is 7.15. The summed E-state index contributed by atoms with van der Waals surface area (Å²) in [6.45, 7) is 9.96. The number of benzene rings is 1. The average Bonchev–Trinajstić information content (AvgIpc) is 2.83. The molecule has 0 aromatic heterocycles. The van der Waals surface area contributed by atoms with Crippen molar-refractivity contribution < 1.29 is 38.6 Å². The van der Waals surface area contributed by atoms with E-state index in [1.54, 1.807) is 25.1 Å². The van der Waals surface area contributed by atoms with Crippen molar-refractivity contribution in [3.63, 3.8) is 0 Å². The second-order valence-corrected chi connectivity index (χ2v) is 8.12. The summed E-state index contributed by atoms with van der Waals surface area (Å²) in [7, 11) is -0.593. The normalized spacial score (nSPS) is 18.0. The predicted octanol–water partition coefficient (Wildman–Crippen LogP) is 0.971. The number of carbonyl (C=O) groups is 3. The van der Waals surface area contributed by atoms with Crippen LogP contribution < -0.4 is 15.5 Å². The Morgan fingerprint density at radius 2 is 1.73 bits per heavy atom. The third-order valence-corrected chi connectivity index (χ3v) is 5.28. The quantitative estimate of drug-likeness (QED) is 0.503. The number of rotatable bonds is 9. The van der Waals surface area contributed by atoms with E-state index in [4.69, 9.17) is 24.3 Å². The molecule has 9 nitrogen and oxygen atoms in total. The highest BCUT2D eigenvalue weighted by Crippen LogP contribution is 2.36. The van der Waals surface area contributed by atoms with Gasteiger partial charge in [-0.25, -0.2) is 4.79 Å². The number of carboxylic acids is 2. The van der Waals surface area contributed by atoms with E-state index >= 15 is 0 Å². The van der Waals surface area contributed by atoms with Gasteiger partial charge in [0, 0.05) is 5.56 Å². The van der Waals surface area contributed by atoms with Crippen LogP contribution in [-0.4, -0.2) is 59.0 Å².